The molecule has 0 spiro atoms. The van der Waals surface area contributed by atoms with E-state index in [1.54, 1.807) is 0 Å². The number of nitrogens with one attached hydrogen (secondary N) is 1. The van der Waals surface area contributed by atoms with E-state index >= 15 is 0 Å². The van der Waals surface area contributed by atoms with E-state index in [9.17, 15) is 4.79 Å². The smallest absolute Gasteiger partial charge is 0.237 e. The summed E-state index contributed by atoms with van der Waals surface area (Å²) in [7, 11) is 0. The van der Waals surface area contributed by atoms with Gasteiger partial charge in [-0.15, -0.1) is 0 Å². The molecular formula is C17H28N2O2. The predicted molar refractivity (Wildman–Crippen MR) is 86.4 cm³/mol. The molecule has 0 bridgehead atoms. The molecule has 3 N–H and O–H groups in total. The van der Waals surface area contributed by atoms with E-state index in [4.69, 9.17) is 10.5 Å². The Labute approximate surface area is 128 Å². The molecule has 0 unspecified atom stereocenters. The third-order valence-corrected chi connectivity index (χ3v) is 3.17. The SMILES string of the molecule is CCCCCNC(=O)[C@@H](N)Cc1ccc(OC(C)C)cc1. The molecule has 1 amide bonds. The van der Waals surface area contributed by atoms with E-state index in [-0.39, 0.29) is 12.0 Å². The van der Waals surface area contributed by atoms with Gasteiger partial charge in [0.2, 0.25) is 5.91 Å². The highest BCUT2D eigenvalue weighted by Crippen LogP contribution is 2.14. The molecule has 1 aromatic carbocycles. The van der Waals surface area contributed by atoms with Crippen molar-refractivity contribution < 1.29 is 9.53 Å². The van der Waals surface area contributed by atoms with Crippen molar-refractivity contribution >= 4 is 5.91 Å². The Hall–Kier alpha value is -1.55. The lowest BCUT2D eigenvalue weighted by atomic mass is 10.1. The van der Waals surface area contributed by atoms with Crippen LogP contribution in [-0.4, -0.2) is 24.6 Å². The topological polar surface area (TPSA) is 64.4 Å². The Morgan fingerprint density at radius 2 is 1.90 bits per heavy atom. The lowest BCUT2D eigenvalue weighted by Gasteiger charge is -2.13. The molecule has 21 heavy (non-hydrogen) atoms. The third kappa shape index (κ3) is 7.14. The second-order valence-electron chi connectivity index (χ2n) is 5.62. The Kier molecular flexibility index (Phi) is 7.83. The second kappa shape index (κ2) is 9.40. The summed E-state index contributed by atoms with van der Waals surface area (Å²) in [5.41, 5.74) is 6.98. The lowest BCUT2D eigenvalue weighted by molar-refractivity contribution is -0.122. The number of hydrogen-bond acceptors (Lipinski definition) is 3. The van der Waals surface area contributed by atoms with Gasteiger partial charge >= 0.3 is 0 Å². The maximum absolute atomic E-state index is 11.9. The minimum absolute atomic E-state index is 0.0754. The molecule has 4 heteroatoms. The van der Waals surface area contributed by atoms with Crippen LogP contribution >= 0.6 is 0 Å². The van der Waals surface area contributed by atoms with Crippen molar-refractivity contribution in [3.05, 3.63) is 29.8 Å². The summed E-state index contributed by atoms with van der Waals surface area (Å²) in [6.07, 6.45) is 3.99. The molecular weight excluding hydrogens is 264 g/mol. The first kappa shape index (κ1) is 17.5. The number of carbonyl (C=O) groups is 1. The summed E-state index contributed by atoms with van der Waals surface area (Å²) in [6.45, 7) is 6.83. The van der Waals surface area contributed by atoms with Crippen LogP contribution in [0.15, 0.2) is 24.3 Å². The largest absolute Gasteiger partial charge is 0.491 e. The number of benzene rings is 1. The maximum Gasteiger partial charge on any atom is 0.237 e. The fourth-order valence-corrected chi connectivity index (χ4v) is 2.04. The van der Waals surface area contributed by atoms with Crippen molar-refractivity contribution in [2.45, 2.75) is 58.6 Å². The van der Waals surface area contributed by atoms with Crippen LogP contribution in [0, 0.1) is 0 Å². The summed E-state index contributed by atoms with van der Waals surface area (Å²) in [5.74, 6) is 0.764. The van der Waals surface area contributed by atoms with Crippen LogP contribution in [0.1, 0.15) is 45.6 Å². The van der Waals surface area contributed by atoms with Crippen molar-refractivity contribution in [2.75, 3.05) is 6.54 Å². The molecule has 0 aliphatic heterocycles. The fraction of sp³-hybridized carbons (Fsp3) is 0.588. The maximum atomic E-state index is 11.9. The minimum Gasteiger partial charge on any atom is -0.491 e. The zero-order chi connectivity index (χ0) is 15.7. The summed E-state index contributed by atoms with van der Waals surface area (Å²) < 4.78 is 5.59. The van der Waals surface area contributed by atoms with E-state index in [0.717, 1.165) is 30.6 Å². The summed E-state index contributed by atoms with van der Waals surface area (Å²) >= 11 is 0. The zero-order valence-corrected chi connectivity index (χ0v) is 13.4. The molecule has 0 saturated carbocycles. The van der Waals surface area contributed by atoms with Gasteiger partial charge in [-0.3, -0.25) is 4.79 Å². The number of rotatable bonds is 9. The number of hydrogen-bond donors (Lipinski definition) is 2. The quantitative estimate of drug-likeness (QED) is 0.688. The highest BCUT2D eigenvalue weighted by molar-refractivity contribution is 5.81. The molecule has 118 valence electrons. The van der Waals surface area contributed by atoms with Gasteiger partial charge in [-0.2, -0.15) is 0 Å². The molecule has 1 aromatic rings. The fourth-order valence-electron chi connectivity index (χ4n) is 2.04. The van der Waals surface area contributed by atoms with Crippen LogP contribution in [0.4, 0.5) is 0 Å². The van der Waals surface area contributed by atoms with Crippen molar-refractivity contribution in [2.24, 2.45) is 5.73 Å². The van der Waals surface area contributed by atoms with Gasteiger partial charge in [0, 0.05) is 6.54 Å². The van der Waals surface area contributed by atoms with Crippen LogP contribution in [0.2, 0.25) is 0 Å². The van der Waals surface area contributed by atoms with Crippen molar-refractivity contribution in [1.82, 2.24) is 5.32 Å². The Bertz CT molecular complexity index is 415. The number of carbonyl (C=O) groups excluding carboxylic acids is 1. The van der Waals surface area contributed by atoms with Crippen molar-refractivity contribution in [1.29, 1.82) is 0 Å². The first-order valence-corrected chi connectivity index (χ1v) is 7.81. The molecule has 1 atom stereocenters. The lowest BCUT2D eigenvalue weighted by Crippen LogP contribution is -2.42. The van der Waals surface area contributed by atoms with Crippen molar-refractivity contribution in [3.63, 3.8) is 0 Å². The zero-order valence-electron chi connectivity index (χ0n) is 13.4. The van der Waals surface area contributed by atoms with Gasteiger partial charge in [-0.05, 0) is 44.4 Å². The van der Waals surface area contributed by atoms with E-state index < -0.39 is 6.04 Å². The molecule has 0 aliphatic carbocycles. The van der Waals surface area contributed by atoms with Crippen LogP contribution in [0.3, 0.4) is 0 Å². The Balaban J connectivity index is 2.39. The number of amides is 1. The Morgan fingerprint density at radius 3 is 2.48 bits per heavy atom. The molecule has 0 saturated heterocycles. The van der Waals surface area contributed by atoms with Gasteiger partial charge in [0.15, 0.2) is 0 Å². The van der Waals surface area contributed by atoms with Crippen LogP contribution in [-0.2, 0) is 11.2 Å². The monoisotopic (exact) mass is 292 g/mol. The second-order valence-corrected chi connectivity index (χ2v) is 5.62. The van der Waals surface area contributed by atoms with Crippen LogP contribution in [0.5, 0.6) is 5.75 Å². The summed E-state index contributed by atoms with van der Waals surface area (Å²) in [4.78, 5) is 11.9. The van der Waals surface area contributed by atoms with Crippen molar-refractivity contribution in [3.8, 4) is 5.75 Å². The molecule has 0 aliphatic rings. The molecule has 0 radical (unpaired) electrons. The number of unbranched alkanes of at least 4 members (excludes halogenated alkanes) is 2. The number of ether oxygens (including phenoxy) is 1. The first-order chi connectivity index (χ1) is 10.0. The molecule has 0 aromatic heterocycles. The third-order valence-electron chi connectivity index (χ3n) is 3.17. The standard InChI is InChI=1S/C17H28N2O2/c1-4-5-6-11-19-17(20)16(18)12-14-7-9-15(10-8-14)21-13(2)3/h7-10,13,16H,4-6,11-12,18H2,1-3H3,(H,19,20)/t16-/m0/s1. The van der Waals surface area contributed by atoms with Gasteiger partial charge in [-0.25, -0.2) is 0 Å². The highest BCUT2D eigenvalue weighted by atomic mass is 16.5. The van der Waals surface area contributed by atoms with Crippen LogP contribution < -0.4 is 15.8 Å². The van der Waals surface area contributed by atoms with Crippen LogP contribution in [0.25, 0.3) is 0 Å². The first-order valence-electron chi connectivity index (χ1n) is 7.81. The van der Waals surface area contributed by atoms with E-state index in [2.05, 4.69) is 12.2 Å². The van der Waals surface area contributed by atoms with Gasteiger partial charge in [-0.1, -0.05) is 31.9 Å². The molecule has 0 heterocycles. The van der Waals surface area contributed by atoms with Gasteiger partial charge in [0.05, 0.1) is 12.1 Å². The number of nitrogens with two attached hydrogens (primary N) is 1. The van der Waals surface area contributed by atoms with E-state index in [1.807, 2.05) is 38.1 Å². The normalized spacial score (nSPS) is 12.2. The average molecular weight is 292 g/mol. The average Bonchev–Trinajstić information content (AvgIpc) is 2.45. The highest BCUT2D eigenvalue weighted by Gasteiger charge is 2.13. The Morgan fingerprint density at radius 1 is 1.24 bits per heavy atom. The molecule has 4 nitrogen and oxygen atoms in total. The molecule has 1 rings (SSSR count). The minimum atomic E-state index is -0.497. The summed E-state index contributed by atoms with van der Waals surface area (Å²) in [6, 6.07) is 7.26. The van der Waals surface area contributed by atoms with Gasteiger partial charge in [0.25, 0.3) is 0 Å². The summed E-state index contributed by atoms with van der Waals surface area (Å²) in [5, 5.41) is 2.89. The molecule has 0 fully saturated rings. The van der Waals surface area contributed by atoms with E-state index in [1.165, 1.54) is 0 Å². The van der Waals surface area contributed by atoms with Gasteiger partial charge in [0.1, 0.15) is 5.75 Å². The van der Waals surface area contributed by atoms with Gasteiger partial charge < -0.3 is 15.8 Å². The van der Waals surface area contributed by atoms with E-state index in [0.29, 0.717) is 13.0 Å². The predicted octanol–water partition coefficient (Wildman–Crippen LogP) is 2.65.